The summed E-state index contributed by atoms with van der Waals surface area (Å²) in [5.41, 5.74) is 6.85. The van der Waals surface area contributed by atoms with Gasteiger partial charge >= 0.3 is 12.1 Å². The molecule has 0 aromatic carbocycles. The van der Waals surface area contributed by atoms with Gasteiger partial charge in [0.2, 0.25) is 0 Å². The van der Waals surface area contributed by atoms with E-state index in [-0.39, 0.29) is 0 Å². The molecule has 0 aromatic rings. The number of hydrogen-bond donors (Lipinski definition) is 3. The van der Waals surface area contributed by atoms with E-state index in [9.17, 15) is 13.2 Å². The van der Waals surface area contributed by atoms with Crippen LogP contribution in [0.3, 0.4) is 0 Å². The van der Waals surface area contributed by atoms with Gasteiger partial charge in [0, 0.05) is 12.1 Å². The summed E-state index contributed by atoms with van der Waals surface area (Å²) in [6.07, 6.45) is -0.880. The number of carboxylic acids is 1. The number of carbonyl (C=O) groups is 1. The molecule has 2 fully saturated rings. The van der Waals surface area contributed by atoms with E-state index in [0.29, 0.717) is 5.54 Å². The fourth-order valence-electron chi connectivity index (χ4n) is 1.24. The Hall–Kier alpha value is -0.820. The molecular weight excluding hydrogens is 201 g/mol. The summed E-state index contributed by atoms with van der Waals surface area (Å²) in [6, 6.07) is 0. The summed E-state index contributed by atoms with van der Waals surface area (Å²) < 4.78 is 31.7. The van der Waals surface area contributed by atoms with Gasteiger partial charge in [-0.1, -0.05) is 0 Å². The zero-order valence-electron chi connectivity index (χ0n) is 7.32. The molecule has 1 aliphatic carbocycles. The van der Waals surface area contributed by atoms with Crippen molar-refractivity contribution in [1.82, 2.24) is 10.9 Å². The number of aliphatic carboxylic acids is 1. The second-order valence-electron chi connectivity index (χ2n) is 3.42. The van der Waals surface area contributed by atoms with E-state index < -0.39 is 12.1 Å². The Morgan fingerprint density at radius 3 is 1.79 bits per heavy atom. The van der Waals surface area contributed by atoms with Crippen LogP contribution in [0.5, 0.6) is 0 Å². The summed E-state index contributed by atoms with van der Waals surface area (Å²) in [7, 11) is 0. The summed E-state index contributed by atoms with van der Waals surface area (Å²) in [5, 5.41) is 7.12. The zero-order valence-corrected chi connectivity index (χ0v) is 7.32. The minimum Gasteiger partial charge on any atom is -0.475 e. The summed E-state index contributed by atoms with van der Waals surface area (Å²) in [4.78, 5) is 8.90. The van der Waals surface area contributed by atoms with Gasteiger partial charge in [-0.3, -0.25) is 10.9 Å². The van der Waals surface area contributed by atoms with Crippen LogP contribution in [0.15, 0.2) is 0 Å². The van der Waals surface area contributed by atoms with E-state index >= 15 is 0 Å². The van der Waals surface area contributed by atoms with Crippen molar-refractivity contribution in [2.24, 2.45) is 0 Å². The Morgan fingerprint density at radius 1 is 1.36 bits per heavy atom. The smallest absolute Gasteiger partial charge is 0.475 e. The van der Waals surface area contributed by atoms with Gasteiger partial charge in [-0.15, -0.1) is 0 Å². The van der Waals surface area contributed by atoms with E-state index in [1.165, 1.54) is 25.8 Å². The third-order valence-electron chi connectivity index (χ3n) is 2.33. The van der Waals surface area contributed by atoms with Gasteiger partial charge < -0.3 is 5.11 Å². The Bertz CT molecular complexity index is 206. The molecule has 3 N–H and O–H groups in total. The molecule has 0 aromatic heterocycles. The molecule has 0 atom stereocenters. The van der Waals surface area contributed by atoms with E-state index in [1.807, 2.05) is 0 Å². The number of hydrazine groups is 1. The first kappa shape index (κ1) is 11.3. The number of alkyl halides is 3. The Morgan fingerprint density at radius 2 is 1.79 bits per heavy atom. The molecule has 1 heterocycles. The number of halogens is 3. The molecule has 0 unspecified atom stereocenters. The van der Waals surface area contributed by atoms with Crippen LogP contribution in [0, 0.1) is 0 Å². The predicted octanol–water partition coefficient (Wildman–Crippen LogP) is 0.650. The highest BCUT2D eigenvalue weighted by Crippen LogP contribution is 2.33. The number of rotatable bonds is 0. The van der Waals surface area contributed by atoms with Gasteiger partial charge in [-0.25, -0.2) is 4.79 Å². The number of nitrogens with one attached hydrogen (secondary N) is 2. The standard InChI is InChI=1S/C5H10N2.C2HF3O2/c1-2-5(3-1)4-6-7-5;3-2(4,5)1(6)7/h6-7H,1-4H2;(H,6,7). The van der Waals surface area contributed by atoms with Crippen molar-refractivity contribution in [3.05, 3.63) is 0 Å². The topological polar surface area (TPSA) is 61.4 Å². The van der Waals surface area contributed by atoms with Crippen molar-refractivity contribution in [2.45, 2.75) is 31.0 Å². The third-order valence-corrected chi connectivity index (χ3v) is 2.33. The number of hydrogen-bond acceptors (Lipinski definition) is 3. The summed E-state index contributed by atoms with van der Waals surface area (Å²) in [6.45, 7) is 1.20. The fraction of sp³-hybridized carbons (Fsp3) is 0.857. The SMILES string of the molecule is C1CC2(C1)CNN2.O=C(O)C(F)(F)F. The molecule has 0 bridgehead atoms. The van der Waals surface area contributed by atoms with Crippen molar-refractivity contribution in [2.75, 3.05) is 6.54 Å². The lowest BCUT2D eigenvalue weighted by molar-refractivity contribution is -0.192. The Balaban J connectivity index is 0.000000140. The molecule has 4 nitrogen and oxygen atoms in total. The van der Waals surface area contributed by atoms with Gasteiger partial charge in [-0.2, -0.15) is 13.2 Å². The van der Waals surface area contributed by atoms with Crippen LogP contribution in [0.2, 0.25) is 0 Å². The van der Waals surface area contributed by atoms with Crippen LogP contribution in [-0.4, -0.2) is 29.3 Å². The molecule has 0 radical (unpaired) electrons. The molecule has 2 rings (SSSR count). The van der Waals surface area contributed by atoms with Gasteiger partial charge in [-0.05, 0) is 19.3 Å². The predicted molar refractivity (Wildman–Crippen MR) is 41.4 cm³/mol. The molecule has 1 aliphatic heterocycles. The van der Waals surface area contributed by atoms with Crippen LogP contribution in [0.1, 0.15) is 19.3 Å². The average molecular weight is 212 g/mol. The van der Waals surface area contributed by atoms with Gasteiger partial charge in [0.15, 0.2) is 0 Å². The quantitative estimate of drug-likeness (QED) is 0.551. The second-order valence-corrected chi connectivity index (χ2v) is 3.42. The van der Waals surface area contributed by atoms with Crippen molar-refractivity contribution >= 4 is 5.97 Å². The minimum absolute atomic E-state index is 0.583. The fourth-order valence-corrected chi connectivity index (χ4v) is 1.24. The molecule has 1 saturated heterocycles. The lowest BCUT2D eigenvalue weighted by Crippen LogP contribution is -2.72. The zero-order chi connectivity index (χ0) is 10.8. The molecule has 1 saturated carbocycles. The van der Waals surface area contributed by atoms with Crippen molar-refractivity contribution in [1.29, 1.82) is 0 Å². The molecular formula is C7H11F3N2O2. The first-order valence-electron chi connectivity index (χ1n) is 4.16. The van der Waals surface area contributed by atoms with Gasteiger partial charge in [0.05, 0.1) is 0 Å². The molecule has 7 heteroatoms. The summed E-state index contributed by atoms with van der Waals surface area (Å²) in [5.74, 6) is -2.76. The summed E-state index contributed by atoms with van der Waals surface area (Å²) >= 11 is 0. The highest BCUT2D eigenvalue weighted by molar-refractivity contribution is 5.73. The second kappa shape index (κ2) is 3.74. The van der Waals surface area contributed by atoms with Gasteiger partial charge in [0.25, 0.3) is 0 Å². The highest BCUT2D eigenvalue weighted by Gasteiger charge is 2.41. The lowest BCUT2D eigenvalue weighted by atomic mass is 9.75. The van der Waals surface area contributed by atoms with Crippen LogP contribution in [-0.2, 0) is 4.79 Å². The van der Waals surface area contributed by atoms with Gasteiger partial charge in [0.1, 0.15) is 0 Å². The van der Waals surface area contributed by atoms with E-state index in [4.69, 9.17) is 9.90 Å². The van der Waals surface area contributed by atoms with E-state index in [0.717, 1.165) is 0 Å². The van der Waals surface area contributed by atoms with Crippen molar-refractivity contribution in [3.8, 4) is 0 Å². The van der Waals surface area contributed by atoms with Crippen molar-refractivity contribution < 1.29 is 23.1 Å². The average Bonchev–Trinajstić information content (AvgIpc) is 1.77. The molecule has 82 valence electrons. The van der Waals surface area contributed by atoms with Crippen molar-refractivity contribution in [3.63, 3.8) is 0 Å². The first-order valence-corrected chi connectivity index (χ1v) is 4.16. The van der Waals surface area contributed by atoms with E-state index in [2.05, 4.69) is 10.9 Å². The maximum Gasteiger partial charge on any atom is 0.490 e. The largest absolute Gasteiger partial charge is 0.490 e. The van der Waals surface area contributed by atoms with Crippen LogP contribution >= 0.6 is 0 Å². The van der Waals surface area contributed by atoms with Crippen LogP contribution in [0.4, 0.5) is 13.2 Å². The van der Waals surface area contributed by atoms with E-state index in [1.54, 1.807) is 0 Å². The van der Waals surface area contributed by atoms with Crippen LogP contribution < -0.4 is 10.9 Å². The number of carboxylic acid groups (broad SMARTS) is 1. The monoisotopic (exact) mass is 212 g/mol. The maximum atomic E-state index is 10.6. The minimum atomic E-state index is -5.08. The highest BCUT2D eigenvalue weighted by atomic mass is 19.4. The molecule has 1 spiro atoms. The third kappa shape index (κ3) is 2.58. The lowest BCUT2D eigenvalue weighted by Gasteiger charge is -2.50. The maximum absolute atomic E-state index is 10.6. The normalized spacial score (nSPS) is 22.8. The molecule has 14 heavy (non-hydrogen) atoms. The Labute approximate surface area is 78.4 Å². The Kier molecular flexibility index (Phi) is 3.01. The molecule has 0 amide bonds. The molecule has 2 aliphatic rings. The first-order chi connectivity index (χ1) is 6.36. The van der Waals surface area contributed by atoms with Crippen LogP contribution in [0.25, 0.3) is 0 Å².